The lowest BCUT2D eigenvalue weighted by atomic mass is 10.2. The summed E-state index contributed by atoms with van der Waals surface area (Å²) in [4.78, 5) is 14.8. The Morgan fingerprint density at radius 3 is 2.43 bits per heavy atom. The topological polar surface area (TPSA) is 44.7 Å². The van der Waals surface area contributed by atoms with Gasteiger partial charge in [-0.15, -0.1) is 11.3 Å². The second-order valence-corrected chi connectivity index (χ2v) is 6.20. The summed E-state index contributed by atoms with van der Waals surface area (Å²) in [6, 6.07) is 11.9. The van der Waals surface area contributed by atoms with Crippen LogP contribution in [0, 0.1) is 0 Å². The Morgan fingerprint density at radius 1 is 1.17 bits per heavy atom. The van der Waals surface area contributed by atoms with E-state index in [1.54, 1.807) is 12.3 Å². The predicted molar refractivity (Wildman–Crippen MR) is 98.6 cm³/mol. The maximum Gasteiger partial charge on any atom is 0.281 e. The first-order chi connectivity index (χ1) is 11.2. The highest BCUT2D eigenvalue weighted by Crippen LogP contribution is 2.15. The van der Waals surface area contributed by atoms with E-state index in [0.717, 1.165) is 31.5 Å². The molecule has 0 fully saturated rings. The molecule has 2 rings (SSSR count). The Morgan fingerprint density at radius 2 is 1.87 bits per heavy atom. The molecule has 0 aliphatic carbocycles. The molecule has 4 nitrogen and oxygen atoms in total. The molecule has 0 saturated carbocycles. The van der Waals surface area contributed by atoms with Crippen molar-refractivity contribution in [2.45, 2.75) is 26.7 Å². The molecular weight excluding hydrogens is 306 g/mol. The first-order valence-corrected chi connectivity index (χ1v) is 8.84. The maximum atomic E-state index is 11.8. The van der Waals surface area contributed by atoms with Gasteiger partial charge in [0, 0.05) is 18.8 Å². The van der Waals surface area contributed by atoms with Crippen LogP contribution in [-0.2, 0) is 0 Å². The van der Waals surface area contributed by atoms with Gasteiger partial charge in [-0.05, 0) is 42.0 Å². The van der Waals surface area contributed by atoms with E-state index in [2.05, 4.69) is 41.4 Å². The van der Waals surface area contributed by atoms with Crippen LogP contribution in [0.25, 0.3) is 0 Å². The van der Waals surface area contributed by atoms with Crippen molar-refractivity contribution in [3.8, 4) is 0 Å². The SMILES string of the molecule is CCCN(CCC)c1ccc(/C=N/NC(=O)c2cccs2)cc1. The summed E-state index contributed by atoms with van der Waals surface area (Å²) in [5.74, 6) is -0.176. The molecule has 0 radical (unpaired) electrons. The van der Waals surface area contributed by atoms with Crippen LogP contribution in [0.4, 0.5) is 5.69 Å². The third-order valence-corrected chi connectivity index (χ3v) is 4.24. The minimum atomic E-state index is -0.176. The van der Waals surface area contributed by atoms with Crippen molar-refractivity contribution >= 4 is 29.1 Å². The van der Waals surface area contributed by atoms with Gasteiger partial charge in [-0.25, -0.2) is 5.43 Å². The number of carbonyl (C=O) groups excluding carboxylic acids is 1. The Bertz CT molecular complexity index is 614. The normalized spacial score (nSPS) is 10.9. The second kappa shape index (κ2) is 9.10. The quantitative estimate of drug-likeness (QED) is 0.584. The Labute approximate surface area is 141 Å². The number of rotatable bonds is 8. The lowest BCUT2D eigenvalue weighted by Gasteiger charge is -2.23. The summed E-state index contributed by atoms with van der Waals surface area (Å²) in [6.45, 7) is 6.52. The fourth-order valence-electron chi connectivity index (χ4n) is 2.31. The molecule has 122 valence electrons. The lowest BCUT2D eigenvalue weighted by Crippen LogP contribution is -2.24. The van der Waals surface area contributed by atoms with Gasteiger partial charge < -0.3 is 4.90 Å². The van der Waals surface area contributed by atoms with Gasteiger partial charge >= 0.3 is 0 Å². The molecule has 0 saturated heterocycles. The van der Waals surface area contributed by atoms with Crippen molar-refractivity contribution in [2.75, 3.05) is 18.0 Å². The van der Waals surface area contributed by atoms with E-state index in [4.69, 9.17) is 0 Å². The van der Waals surface area contributed by atoms with E-state index in [9.17, 15) is 4.79 Å². The number of amides is 1. The number of hydrogen-bond acceptors (Lipinski definition) is 4. The summed E-state index contributed by atoms with van der Waals surface area (Å²) < 4.78 is 0. The molecule has 23 heavy (non-hydrogen) atoms. The second-order valence-electron chi connectivity index (χ2n) is 5.26. The molecule has 0 bridgehead atoms. The van der Waals surface area contributed by atoms with E-state index < -0.39 is 0 Å². The highest BCUT2D eigenvalue weighted by Gasteiger charge is 2.05. The molecule has 0 spiro atoms. The van der Waals surface area contributed by atoms with E-state index in [1.807, 2.05) is 23.6 Å². The van der Waals surface area contributed by atoms with E-state index in [1.165, 1.54) is 17.0 Å². The molecule has 0 unspecified atom stereocenters. The summed E-state index contributed by atoms with van der Waals surface area (Å²) in [7, 11) is 0. The number of hydrazone groups is 1. The molecule has 1 aromatic heterocycles. The molecule has 0 aliphatic heterocycles. The average molecular weight is 329 g/mol. The number of nitrogens with one attached hydrogen (secondary N) is 1. The average Bonchev–Trinajstić information content (AvgIpc) is 3.10. The number of carbonyl (C=O) groups is 1. The van der Waals surface area contributed by atoms with E-state index in [-0.39, 0.29) is 5.91 Å². The van der Waals surface area contributed by atoms with Crippen molar-refractivity contribution in [1.29, 1.82) is 0 Å². The van der Waals surface area contributed by atoms with Crippen molar-refractivity contribution in [3.05, 3.63) is 52.2 Å². The highest BCUT2D eigenvalue weighted by atomic mass is 32.1. The van der Waals surface area contributed by atoms with Crippen LogP contribution in [-0.4, -0.2) is 25.2 Å². The monoisotopic (exact) mass is 329 g/mol. The van der Waals surface area contributed by atoms with Gasteiger partial charge in [0.15, 0.2) is 0 Å². The minimum absolute atomic E-state index is 0.176. The maximum absolute atomic E-state index is 11.8. The van der Waals surface area contributed by atoms with Crippen molar-refractivity contribution < 1.29 is 4.79 Å². The molecule has 2 aromatic rings. The lowest BCUT2D eigenvalue weighted by molar-refractivity contribution is 0.0959. The first-order valence-electron chi connectivity index (χ1n) is 7.96. The van der Waals surface area contributed by atoms with Crippen molar-refractivity contribution in [2.24, 2.45) is 5.10 Å². The number of hydrogen-bond donors (Lipinski definition) is 1. The van der Waals surface area contributed by atoms with E-state index in [0.29, 0.717) is 4.88 Å². The Hall–Kier alpha value is -2.14. The number of benzene rings is 1. The van der Waals surface area contributed by atoms with Crippen LogP contribution in [0.3, 0.4) is 0 Å². The zero-order valence-corrected chi connectivity index (χ0v) is 14.5. The third-order valence-electron chi connectivity index (χ3n) is 3.37. The standard InChI is InChI=1S/C18H23N3OS/c1-3-11-21(12-4-2)16-9-7-15(8-10-16)14-19-20-18(22)17-6-5-13-23-17/h5-10,13-14H,3-4,11-12H2,1-2H3,(H,20,22)/b19-14+. The smallest absolute Gasteiger partial charge is 0.281 e. The fourth-order valence-corrected chi connectivity index (χ4v) is 2.92. The number of nitrogens with zero attached hydrogens (tertiary/aromatic N) is 2. The molecule has 1 N–H and O–H groups in total. The summed E-state index contributed by atoms with van der Waals surface area (Å²) in [6.07, 6.45) is 3.94. The summed E-state index contributed by atoms with van der Waals surface area (Å²) >= 11 is 1.40. The van der Waals surface area contributed by atoms with E-state index >= 15 is 0 Å². The number of anilines is 1. The van der Waals surface area contributed by atoms with Crippen LogP contribution >= 0.6 is 11.3 Å². The Balaban J connectivity index is 1.93. The third kappa shape index (κ3) is 5.21. The fraction of sp³-hybridized carbons (Fsp3) is 0.333. The molecular formula is C18H23N3OS. The summed E-state index contributed by atoms with van der Waals surface area (Å²) in [5.41, 5.74) is 4.74. The van der Waals surface area contributed by atoms with Crippen LogP contribution in [0.2, 0.25) is 0 Å². The van der Waals surface area contributed by atoms with Crippen LogP contribution in [0.5, 0.6) is 0 Å². The largest absolute Gasteiger partial charge is 0.372 e. The van der Waals surface area contributed by atoms with Gasteiger partial charge in [0.25, 0.3) is 5.91 Å². The Kier molecular flexibility index (Phi) is 6.81. The van der Waals surface area contributed by atoms with Gasteiger partial charge in [-0.3, -0.25) is 4.79 Å². The van der Waals surface area contributed by atoms with Gasteiger partial charge in [0.2, 0.25) is 0 Å². The number of thiophene rings is 1. The van der Waals surface area contributed by atoms with Gasteiger partial charge in [-0.1, -0.05) is 32.0 Å². The van der Waals surface area contributed by atoms with Crippen molar-refractivity contribution in [3.63, 3.8) is 0 Å². The van der Waals surface area contributed by atoms with Crippen LogP contribution in [0.1, 0.15) is 41.9 Å². The zero-order chi connectivity index (χ0) is 16.5. The summed E-state index contributed by atoms with van der Waals surface area (Å²) in [5, 5.41) is 5.88. The van der Waals surface area contributed by atoms with Gasteiger partial charge in [-0.2, -0.15) is 5.10 Å². The minimum Gasteiger partial charge on any atom is -0.372 e. The van der Waals surface area contributed by atoms with Gasteiger partial charge in [0.05, 0.1) is 11.1 Å². The molecule has 1 amide bonds. The predicted octanol–water partition coefficient (Wildman–Crippen LogP) is 4.14. The molecule has 1 aromatic carbocycles. The molecule has 0 atom stereocenters. The molecule has 5 heteroatoms. The van der Waals surface area contributed by atoms with Crippen LogP contribution in [0.15, 0.2) is 46.9 Å². The van der Waals surface area contributed by atoms with Crippen LogP contribution < -0.4 is 10.3 Å². The van der Waals surface area contributed by atoms with Gasteiger partial charge in [0.1, 0.15) is 0 Å². The molecule has 1 heterocycles. The first kappa shape index (κ1) is 17.2. The molecule has 0 aliphatic rings. The highest BCUT2D eigenvalue weighted by molar-refractivity contribution is 7.12. The zero-order valence-electron chi connectivity index (χ0n) is 13.7. The van der Waals surface area contributed by atoms with Crippen molar-refractivity contribution in [1.82, 2.24) is 5.43 Å².